The quantitative estimate of drug-likeness (QED) is 0.829. The maximum absolute atomic E-state index is 12.3. The molecule has 132 valence electrons. The Hall–Kier alpha value is -2.40. The van der Waals surface area contributed by atoms with Crippen LogP contribution in [0.15, 0.2) is 48.8 Å². The average molecular weight is 340 g/mol. The van der Waals surface area contributed by atoms with Crippen molar-refractivity contribution in [2.24, 2.45) is 0 Å². The third-order valence-corrected chi connectivity index (χ3v) is 4.33. The minimum absolute atomic E-state index is 0.0599. The summed E-state index contributed by atoms with van der Waals surface area (Å²) < 4.78 is 11.3. The molecule has 0 radical (unpaired) electrons. The van der Waals surface area contributed by atoms with E-state index < -0.39 is 0 Å². The van der Waals surface area contributed by atoms with E-state index in [1.807, 2.05) is 6.92 Å². The van der Waals surface area contributed by atoms with Crippen LogP contribution in [0.1, 0.15) is 43.0 Å². The molecule has 0 aliphatic carbocycles. The van der Waals surface area contributed by atoms with Crippen molar-refractivity contribution in [1.82, 2.24) is 10.3 Å². The maximum Gasteiger partial charge on any atom is 0.251 e. The molecule has 2 atom stereocenters. The van der Waals surface area contributed by atoms with Crippen molar-refractivity contribution >= 4 is 5.91 Å². The van der Waals surface area contributed by atoms with Gasteiger partial charge in [0.25, 0.3) is 5.91 Å². The van der Waals surface area contributed by atoms with Crippen LogP contribution in [0.4, 0.5) is 0 Å². The van der Waals surface area contributed by atoms with Crippen LogP contribution < -0.4 is 10.1 Å². The summed E-state index contributed by atoms with van der Waals surface area (Å²) >= 11 is 0. The first kappa shape index (κ1) is 17.4. The summed E-state index contributed by atoms with van der Waals surface area (Å²) in [6.07, 6.45) is 7.94. The highest BCUT2D eigenvalue weighted by Crippen LogP contribution is 2.21. The van der Waals surface area contributed by atoms with Gasteiger partial charge >= 0.3 is 0 Å². The van der Waals surface area contributed by atoms with Crippen molar-refractivity contribution in [2.75, 3.05) is 6.61 Å². The zero-order valence-corrected chi connectivity index (χ0v) is 14.5. The number of ether oxygens (including phenoxy) is 2. The number of rotatable bonds is 7. The first-order chi connectivity index (χ1) is 12.2. The van der Waals surface area contributed by atoms with Gasteiger partial charge in [0.1, 0.15) is 11.5 Å². The summed E-state index contributed by atoms with van der Waals surface area (Å²) in [6, 6.07) is 10.9. The summed E-state index contributed by atoms with van der Waals surface area (Å²) in [5, 5.41) is 3.05. The SMILES string of the molecule is C[C@H](CC[C@@H]1CCCO1)NC(=O)c1ccc(Oc2ccncc2)cc1. The van der Waals surface area contributed by atoms with Crippen molar-refractivity contribution in [3.05, 3.63) is 54.4 Å². The van der Waals surface area contributed by atoms with Gasteiger partial charge in [-0.25, -0.2) is 0 Å². The van der Waals surface area contributed by atoms with Gasteiger partial charge in [0.05, 0.1) is 6.10 Å². The number of carbonyl (C=O) groups is 1. The number of aromatic nitrogens is 1. The molecular formula is C20H24N2O3. The molecule has 25 heavy (non-hydrogen) atoms. The largest absolute Gasteiger partial charge is 0.457 e. The van der Waals surface area contributed by atoms with Crippen LogP contribution in [0.2, 0.25) is 0 Å². The molecule has 1 fully saturated rings. The summed E-state index contributed by atoms with van der Waals surface area (Å²) in [5.74, 6) is 1.35. The van der Waals surface area contributed by atoms with Crippen molar-refractivity contribution in [3.63, 3.8) is 0 Å². The molecule has 0 saturated carbocycles. The maximum atomic E-state index is 12.3. The van der Waals surface area contributed by atoms with Gasteiger partial charge in [-0.3, -0.25) is 9.78 Å². The minimum atomic E-state index is -0.0599. The molecule has 2 aromatic rings. The smallest absolute Gasteiger partial charge is 0.251 e. The topological polar surface area (TPSA) is 60.5 Å². The van der Waals surface area contributed by atoms with E-state index in [1.165, 1.54) is 0 Å². The number of hydrogen-bond acceptors (Lipinski definition) is 4. The van der Waals surface area contributed by atoms with Crippen molar-refractivity contribution in [2.45, 2.75) is 44.8 Å². The van der Waals surface area contributed by atoms with E-state index in [0.29, 0.717) is 17.4 Å². The molecule has 1 saturated heterocycles. The van der Waals surface area contributed by atoms with Gasteiger partial charge in [-0.2, -0.15) is 0 Å². The first-order valence-electron chi connectivity index (χ1n) is 8.81. The lowest BCUT2D eigenvalue weighted by atomic mass is 10.1. The molecule has 3 rings (SSSR count). The number of nitrogens with zero attached hydrogens (tertiary/aromatic N) is 1. The predicted molar refractivity (Wildman–Crippen MR) is 95.9 cm³/mol. The summed E-state index contributed by atoms with van der Waals surface area (Å²) in [6.45, 7) is 2.91. The molecule has 5 heteroatoms. The minimum Gasteiger partial charge on any atom is -0.457 e. The van der Waals surface area contributed by atoms with Crippen LogP contribution in [0.3, 0.4) is 0 Å². The molecule has 1 N–H and O–H groups in total. The van der Waals surface area contributed by atoms with Crippen molar-refractivity contribution in [1.29, 1.82) is 0 Å². The number of amides is 1. The highest BCUT2D eigenvalue weighted by atomic mass is 16.5. The fourth-order valence-electron chi connectivity index (χ4n) is 2.90. The second-order valence-electron chi connectivity index (χ2n) is 6.40. The Kier molecular flexibility index (Phi) is 6.01. The summed E-state index contributed by atoms with van der Waals surface area (Å²) in [7, 11) is 0. The van der Waals surface area contributed by atoms with E-state index in [2.05, 4.69) is 10.3 Å². The van der Waals surface area contributed by atoms with E-state index in [9.17, 15) is 4.79 Å². The number of pyridine rings is 1. The number of hydrogen-bond donors (Lipinski definition) is 1. The second-order valence-corrected chi connectivity index (χ2v) is 6.40. The molecule has 1 aliphatic heterocycles. The van der Waals surface area contributed by atoms with E-state index >= 15 is 0 Å². The van der Waals surface area contributed by atoms with Crippen LogP contribution in [0, 0.1) is 0 Å². The van der Waals surface area contributed by atoms with Gasteiger partial charge in [0, 0.05) is 30.6 Å². The van der Waals surface area contributed by atoms with E-state index in [4.69, 9.17) is 9.47 Å². The Balaban J connectivity index is 1.48. The molecule has 0 bridgehead atoms. The van der Waals surface area contributed by atoms with Crippen LogP contribution in [0.25, 0.3) is 0 Å². The summed E-state index contributed by atoms with van der Waals surface area (Å²) in [4.78, 5) is 16.3. The van der Waals surface area contributed by atoms with E-state index in [-0.39, 0.29) is 11.9 Å². The number of nitrogens with one attached hydrogen (secondary N) is 1. The fourth-order valence-corrected chi connectivity index (χ4v) is 2.90. The van der Waals surface area contributed by atoms with Gasteiger partial charge in [-0.15, -0.1) is 0 Å². The van der Waals surface area contributed by atoms with Crippen LogP contribution in [-0.2, 0) is 4.74 Å². The Morgan fingerprint density at radius 2 is 1.96 bits per heavy atom. The third kappa shape index (κ3) is 5.29. The summed E-state index contributed by atoms with van der Waals surface area (Å²) in [5.41, 5.74) is 0.631. The highest BCUT2D eigenvalue weighted by Gasteiger charge is 2.17. The van der Waals surface area contributed by atoms with Crippen LogP contribution >= 0.6 is 0 Å². The van der Waals surface area contributed by atoms with Gasteiger partial charge < -0.3 is 14.8 Å². The lowest BCUT2D eigenvalue weighted by Gasteiger charge is -2.16. The molecule has 2 heterocycles. The Morgan fingerprint density at radius 3 is 2.64 bits per heavy atom. The Labute approximate surface area is 148 Å². The predicted octanol–water partition coefficient (Wildman–Crippen LogP) is 3.95. The third-order valence-electron chi connectivity index (χ3n) is 4.33. The standard InChI is InChI=1S/C20H24N2O3/c1-15(4-7-17-3-2-14-24-17)22-20(23)16-5-8-18(9-6-16)25-19-10-12-21-13-11-19/h5-6,8-13,15,17H,2-4,7,14H2,1H3,(H,22,23)/t15-,17+/m1/s1. The van der Waals surface area contributed by atoms with E-state index in [0.717, 1.165) is 38.0 Å². The van der Waals surface area contributed by atoms with Gasteiger partial charge in [-0.1, -0.05) is 0 Å². The van der Waals surface area contributed by atoms with Crippen molar-refractivity contribution in [3.8, 4) is 11.5 Å². The molecule has 5 nitrogen and oxygen atoms in total. The van der Waals surface area contributed by atoms with Gasteiger partial charge in [-0.05, 0) is 69.0 Å². The Morgan fingerprint density at radius 1 is 1.24 bits per heavy atom. The average Bonchev–Trinajstić information content (AvgIpc) is 3.15. The zero-order valence-electron chi connectivity index (χ0n) is 14.5. The van der Waals surface area contributed by atoms with Crippen molar-refractivity contribution < 1.29 is 14.3 Å². The fraction of sp³-hybridized carbons (Fsp3) is 0.400. The molecule has 1 aromatic carbocycles. The first-order valence-corrected chi connectivity index (χ1v) is 8.81. The van der Waals surface area contributed by atoms with Gasteiger partial charge in [0.2, 0.25) is 0 Å². The molecule has 0 spiro atoms. The molecule has 1 amide bonds. The lowest BCUT2D eigenvalue weighted by molar-refractivity contribution is 0.0899. The number of benzene rings is 1. The lowest BCUT2D eigenvalue weighted by Crippen LogP contribution is -2.33. The zero-order chi connectivity index (χ0) is 17.5. The highest BCUT2D eigenvalue weighted by molar-refractivity contribution is 5.94. The molecule has 1 aliphatic rings. The molecular weight excluding hydrogens is 316 g/mol. The number of carbonyl (C=O) groups excluding carboxylic acids is 1. The van der Waals surface area contributed by atoms with Crippen LogP contribution in [0.5, 0.6) is 11.5 Å². The molecule has 0 unspecified atom stereocenters. The van der Waals surface area contributed by atoms with Crippen LogP contribution in [-0.4, -0.2) is 29.6 Å². The second kappa shape index (κ2) is 8.62. The normalized spacial score (nSPS) is 17.9. The molecule has 1 aromatic heterocycles. The monoisotopic (exact) mass is 340 g/mol. The van der Waals surface area contributed by atoms with E-state index in [1.54, 1.807) is 48.8 Å². The van der Waals surface area contributed by atoms with Gasteiger partial charge in [0.15, 0.2) is 0 Å². The Bertz CT molecular complexity index is 667.